The van der Waals surface area contributed by atoms with Gasteiger partial charge >= 0.3 is 0 Å². The molecule has 0 saturated carbocycles. The summed E-state index contributed by atoms with van der Waals surface area (Å²) >= 11 is 1.67. The number of nitrogens with zero attached hydrogens (tertiary/aromatic N) is 1. The summed E-state index contributed by atoms with van der Waals surface area (Å²) in [6, 6.07) is 13.9. The average Bonchev–Trinajstić information content (AvgIpc) is 2.79. The van der Waals surface area contributed by atoms with Crippen molar-refractivity contribution in [1.82, 2.24) is 0 Å². The Labute approximate surface area is 92.8 Å². The second-order valence-corrected chi connectivity index (χ2v) is 4.03. The van der Waals surface area contributed by atoms with Crippen LogP contribution in [0.3, 0.4) is 0 Å². The standard InChI is InChI=1S/C12H11NOS/c1-2-5-11(6-3-1)9-13-14-10-12-7-4-8-15-12/h1-9H,10H2. The lowest BCUT2D eigenvalue weighted by Gasteiger charge is -1.95. The summed E-state index contributed by atoms with van der Waals surface area (Å²) in [5.74, 6) is 0. The van der Waals surface area contributed by atoms with Gasteiger partial charge in [-0.2, -0.15) is 0 Å². The number of benzene rings is 1. The van der Waals surface area contributed by atoms with Crippen LogP contribution in [-0.4, -0.2) is 6.21 Å². The van der Waals surface area contributed by atoms with Gasteiger partial charge in [0.2, 0.25) is 0 Å². The predicted molar refractivity (Wildman–Crippen MR) is 63.1 cm³/mol. The van der Waals surface area contributed by atoms with E-state index in [4.69, 9.17) is 4.84 Å². The maximum atomic E-state index is 5.16. The molecule has 0 aliphatic heterocycles. The lowest BCUT2D eigenvalue weighted by molar-refractivity contribution is 0.134. The summed E-state index contributed by atoms with van der Waals surface area (Å²) in [5.41, 5.74) is 1.05. The molecule has 1 aromatic heterocycles. The molecule has 0 amide bonds. The number of oxime groups is 1. The molecule has 0 fully saturated rings. The van der Waals surface area contributed by atoms with Crippen LogP contribution in [0.1, 0.15) is 10.4 Å². The van der Waals surface area contributed by atoms with Gasteiger partial charge in [0.1, 0.15) is 0 Å². The molecule has 2 nitrogen and oxygen atoms in total. The minimum absolute atomic E-state index is 0.543. The fourth-order valence-electron chi connectivity index (χ4n) is 1.13. The van der Waals surface area contributed by atoms with Crippen LogP contribution in [0.2, 0.25) is 0 Å². The van der Waals surface area contributed by atoms with E-state index in [-0.39, 0.29) is 0 Å². The molecule has 0 saturated heterocycles. The first kappa shape index (κ1) is 9.93. The van der Waals surface area contributed by atoms with Crippen LogP contribution in [0.5, 0.6) is 0 Å². The molecular weight excluding hydrogens is 206 g/mol. The molecule has 0 atom stereocenters. The highest BCUT2D eigenvalue weighted by molar-refractivity contribution is 7.09. The van der Waals surface area contributed by atoms with E-state index in [9.17, 15) is 0 Å². The second-order valence-electron chi connectivity index (χ2n) is 3.00. The highest BCUT2D eigenvalue weighted by Gasteiger charge is 1.91. The molecule has 2 aromatic rings. The second kappa shape index (κ2) is 5.32. The van der Waals surface area contributed by atoms with Gasteiger partial charge in [-0.25, -0.2) is 0 Å². The zero-order valence-corrected chi connectivity index (χ0v) is 8.98. The lowest BCUT2D eigenvalue weighted by Crippen LogP contribution is -1.84. The molecule has 0 unspecified atom stereocenters. The van der Waals surface area contributed by atoms with Crippen LogP contribution in [0.4, 0.5) is 0 Å². The van der Waals surface area contributed by atoms with Crippen molar-refractivity contribution in [2.75, 3.05) is 0 Å². The fourth-order valence-corrected chi connectivity index (χ4v) is 1.74. The Bertz CT molecular complexity index is 408. The molecule has 76 valence electrons. The number of rotatable bonds is 4. The summed E-state index contributed by atoms with van der Waals surface area (Å²) in [7, 11) is 0. The maximum Gasteiger partial charge on any atom is 0.151 e. The van der Waals surface area contributed by atoms with E-state index in [1.54, 1.807) is 17.6 Å². The van der Waals surface area contributed by atoms with Crippen LogP contribution in [-0.2, 0) is 11.4 Å². The molecule has 3 heteroatoms. The van der Waals surface area contributed by atoms with Gasteiger partial charge in [-0.3, -0.25) is 0 Å². The van der Waals surface area contributed by atoms with Gasteiger partial charge in [0, 0.05) is 4.88 Å². The van der Waals surface area contributed by atoms with E-state index in [0.717, 1.165) is 5.56 Å². The maximum absolute atomic E-state index is 5.16. The number of thiophene rings is 1. The van der Waals surface area contributed by atoms with Crippen molar-refractivity contribution in [3.63, 3.8) is 0 Å². The largest absolute Gasteiger partial charge is 0.390 e. The normalized spacial score (nSPS) is 10.7. The first-order valence-corrected chi connectivity index (χ1v) is 5.56. The Morgan fingerprint density at radius 3 is 2.73 bits per heavy atom. The highest BCUT2D eigenvalue weighted by Crippen LogP contribution is 2.09. The van der Waals surface area contributed by atoms with Crippen molar-refractivity contribution in [2.24, 2.45) is 5.16 Å². The lowest BCUT2D eigenvalue weighted by atomic mass is 10.2. The summed E-state index contributed by atoms with van der Waals surface area (Å²) < 4.78 is 0. The van der Waals surface area contributed by atoms with Crippen LogP contribution in [0, 0.1) is 0 Å². The quantitative estimate of drug-likeness (QED) is 0.569. The molecule has 2 rings (SSSR count). The Balaban J connectivity index is 1.81. The van der Waals surface area contributed by atoms with Crippen LogP contribution < -0.4 is 0 Å². The fraction of sp³-hybridized carbons (Fsp3) is 0.0833. The molecular formula is C12H11NOS. The van der Waals surface area contributed by atoms with Crippen LogP contribution >= 0.6 is 11.3 Å². The smallest absolute Gasteiger partial charge is 0.151 e. The number of hydrogen-bond acceptors (Lipinski definition) is 3. The summed E-state index contributed by atoms with van der Waals surface area (Å²) in [6.07, 6.45) is 1.72. The first-order chi connectivity index (χ1) is 7.45. The average molecular weight is 217 g/mol. The zero-order valence-electron chi connectivity index (χ0n) is 8.17. The molecule has 0 aliphatic carbocycles. The SMILES string of the molecule is C(=NOCc1cccs1)c1ccccc1. The van der Waals surface area contributed by atoms with Gasteiger partial charge in [-0.15, -0.1) is 11.3 Å². The first-order valence-electron chi connectivity index (χ1n) is 4.68. The van der Waals surface area contributed by atoms with Crippen molar-refractivity contribution in [2.45, 2.75) is 6.61 Å². The summed E-state index contributed by atoms with van der Waals surface area (Å²) in [5, 5.41) is 5.93. The van der Waals surface area contributed by atoms with Gasteiger partial charge < -0.3 is 4.84 Å². The molecule has 1 aromatic carbocycles. The van der Waals surface area contributed by atoms with Crippen molar-refractivity contribution in [3.05, 3.63) is 58.3 Å². The molecule has 0 spiro atoms. The van der Waals surface area contributed by atoms with Crippen LogP contribution in [0.25, 0.3) is 0 Å². The molecule has 15 heavy (non-hydrogen) atoms. The van der Waals surface area contributed by atoms with Crippen LogP contribution in [0.15, 0.2) is 53.0 Å². The van der Waals surface area contributed by atoms with E-state index in [1.165, 1.54) is 4.88 Å². The van der Waals surface area contributed by atoms with E-state index in [1.807, 2.05) is 47.8 Å². The van der Waals surface area contributed by atoms with Gasteiger partial charge in [-0.1, -0.05) is 41.6 Å². The molecule has 0 N–H and O–H groups in total. The Morgan fingerprint density at radius 1 is 1.13 bits per heavy atom. The van der Waals surface area contributed by atoms with Crippen molar-refractivity contribution >= 4 is 17.6 Å². The third-order valence-corrected chi connectivity index (χ3v) is 2.71. The molecule has 0 aliphatic rings. The highest BCUT2D eigenvalue weighted by atomic mass is 32.1. The van der Waals surface area contributed by atoms with Gasteiger partial charge in [0.05, 0.1) is 6.21 Å². The Hall–Kier alpha value is -1.61. The van der Waals surface area contributed by atoms with E-state index in [2.05, 4.69) is 5.16 Å². The van der Waals surface area contributed by atoms with Gasteiger partial charge in [0.15, 0.2) is 6.61 Å². The predicted octanol–water partition coefficient (Wildman–Crippen LogP) is 3.30. The zero-order chi connectivity index (χ0) is 10.3. The number of hydrogen-bond donors (Lipinski definition) is 0. The minimum atomic E-state index is 0.543. The minimum Gasteiger partial charge on any atom is -0.390 e. The Kier molecular flexibility index (Phi) is 3.52. The van der Waals surface area contributed by atoms with Gasteiger partial charge in [-0.05, 0) is 17.0 Å². The van der Waals surface area contributed by atoms with Gasteiger partial charge in [0.25, 0.3) is 0 Å². The summed E-state index contributed by atoms with van der Waals surface area (Å²) in [4.78, 5) is 6.34. The summed E-state index contributed by atoms with van der Waals surface area (Å²) in [6.45, 7) is 0.543. The molecule has 0 bridgehead atoms. The van der Waals surface area contributed by atoms with Crippen molar-refractivity contribution in [1.29, 1.82) is 0 Å². The van der Waals surface area contributed by atoms with E-state index in [0.29, 0.717) is 6.61 Å². The molecule has 1 heterocycles. The Morgan fingerprint density at radius 2 is 2.00 bits per heavy atom. The third-order valence-electron chi connectivity index (χ3n) is 1.86. The van der Waals surface area contributed by atoms with Crippen molar-refractivity contribution < 1.29 is 4.84 Å². The van der Waals surface area contributed by atoms with E-state index < -0.39 is 0 Å². The van der Waals surface area contributed by atoms with Crippen molar-refractivity contribution in [3.8, 4) is 0 Å². The third kappa shape index (κ3) is 3.22. The topological polar surface area (TPSA) is 21.6 Å². The van der Waals surface area contributed by atoms with E-state index >= 15 is 0 Å². The monoisotopic (exact) mass is 217 g/mol. The molecule has 0 radical (unpaired) electrons.